The number of nitrogens with zero attached hydrogens (tertiary/aromatic N) is 2. The summed E-state index contributed by atoms with van der Waals surface area (Å²) in [6.45, 7) is 2.48. The van der Waals surface area contributed by atoms with Gasteiger partial charge in [-0.15, -0.1) is 0 Å². The van der Waals surface area contributed by atoms with Crippen molar-refractivity contribution in [3.63, 3.8) is 0 Å². The van der Waals surface area contributed by atoms with Crippen molar-refractivity contribution < 1.29 is 9.53 Å². The SMILES string of the molecule is CCc1nc(N)sc1C(=O)NN=Cc1ccccc1OCCc1ccccc1. The van der Waals surface area contributed by atoms with Crippen molar-refractivity contribution in [2.24, 2.45) is 5.10 Å². The zero-order valence-electron chi connectivity index (χ0n) is 15.6. The van der Waals surface area contributed by atoms with E-state index in [0.29, 0.717) is 34.5 Å². The first kappa shape index (κ1) is 19.6. The fraction of sp³-hybridized carbons (Fsp3) is 0.190. The Labute approximate surface area is 168 Å². The van der Waals surface area contributed by atoms with Gasteiger partial charge in [-0.05, 0) is 24.1 Å². The molecular formula is C21H22N4O2S. The highest BCUT2D eigenvalue weighted by molar-refractivity contribution is 7.17. The highest BCUT2D eigenvalue weighted by Gasteiger charge is 2.15. The van der Waals surface area contributed by atoms with E-state index < -0.39 is 0 Å². The molecule has 2 aromatic carbocycles. The van der Waals surface area contributed by atoms with Gasteiger partial charge >= 0.3 is 0 Å². The minimum Gasteiger partial charge on any atom is -0.493 e. The van der Waals surface area contributed by atoms with E-state index in [1.165, 1.54) is 5.56 Å². The van der Waals surface area contributed by atoms with Crippen LogP contribution in [0.25, 0.3) is 0 Å². The summed E-state index contributed by atoms with van der Waals surface area (Å²) in [5.74, 6) is 0.400. The highest BCUT2D eigenvalue weighted by Crippen LogP contribution is 2.21. The molecule has 0 radical (unpaired) electrons. The van der Waals surface area contributed by atoms with E-state index in [1.807, 2.05) is 49.4 Å². The molecule has 0 bridgehead atoms. The molecule has 0 aliphatic carbocycles. The van der Waals surface area contributed by atoms with Crippen molar-refractivity contribution in [1.29, 1.82) is 0 Å². The number of hydrogen-bond donors (Lipinski definition) is 2. The number of aryl methyl sites for hydroxylation is 1. The summed E-state index contributed by atoms with van der Waals surface area (Å²) in [7, 11) is 0. The van der Waals surface area contributed by atoms with Crippen LogP contribution in [0.2, 0.25) is 0 Å². The number of hydrazone groups is 1. The second-order valence-electron chi connectivity index (χ2n) is 6.00. The summed E-state index contributed by atoms with van der Waals surface area (Å²) < 4.78 is 5.89. The van der Waals surface area contributed by atoms with E-state index in [2.05, 4.69) is 27.6 Å². The van der Waals surface area contributed by atoms with Gasteiger partial charge in [-0.25, -0.2) is 10.4 Å². The van der Waals surface area contributed by atoms with Crippen LogP contribution < -0.4 is 15.9 Å². The lowest BCUT2D eigenvalue weighted by atomic mass is 10.2. The molecule has 7 heteroatoms. The second kappa shape index (κ2) is 9.66. The third-order valence-corrected chi connectivity index (χ3v) is 4.96. The maximum Gasteiger partial charge on any atom is 0.283 e. The average Bonchev–Trinajstić information content (AvgIpc) is 3.11. The van der Waals surface area contributed by atoms with Crippen LogP contribution in [-0.2, 0) is 12.8 Å². The summed E-state index contributed by atoms with van der Waals surface area (Å²) in [6.07, 6.45) is 3.03. The number of hydrogen-bond acceptors (Lipinski definition) is 6. The molecule has 0 fully saturated rings. The first-order valence-corrected chi connectivity index (χ1v) is 9.83. The zero-order valence-corrected chi connectivity index (χ0v) is 16.4. The van der Waals surface area contributed by atoms with Crippen molar-refractivity contribution in [3.8, 4) is 5.75 Å². The molecule has 0 aliphatic rings. The number of nitrogen functional groups attached to an aromatic ring is 1. The molecule has 0 saturated heterocycles. The number of rotatable bonds is 8. The summed E-state index contributed by atoms with van der Waals surface area (Å²) in [5, 5.41) is 4.44. The van der Waals surface area contributed by atoms with Crippen molar-refractivity contribution in [1.82, 2.24) is 10.4 Å². The van der Waals surface area contributed by atoms with Gasteiger partial charge in [0.05, 0.1) is 18.5 Å². The van der Waals surface area contributed by atoms with Crippen molar-refractivity contribution in [2.45, 2.75) is 19.8 Å². The highest BCUT2D eigenvalue weighted by atomic mass is 32.1. The number of carbonyl (C=O) groups is 1. The maximum absolute atomic E-state index is 12.3. The molecule has 1 amide bonds. The molecule has 6 nitrogen and oxygen atoms in total. The van der Waals surface area contributed by atoms with Crippen LogP contribution >= 0.6 is 11.3 Å². The first-order chi connectivity index (χ1) is 13.7. The van der Waals surface area contributed by atoms with Crippen molar-refractivity contribution in [2.75, 3.05) is 12.3 Å². The van der Waals surface area contributed by atoms with Crippen molar-refractivity contribution >= 4 is 28.6 Å². The molecular weight excluding hydrogens is 372 g/mol. The molecule has 3 rings (SSSR count). The van der Waals surface area contributed by atoms with Gasteiger partial charge in [0.25, 0.3) is 5.91 Å². The predicted octanol–water partition coefficient (Wildman–Crippen LogP) is 3.67. The van der Waals surface area contributed by atoms with E-state index in [-0.39, 0.29) is 5.91 Å². The van der Waals surface area contributed by atoms with Gasteiger partial charge in [-0.1, -0.05) is 60.7 Å². The number of amides is 1. The fourth-order valence-electron chi connectivity index (χ4n) is 2.64. The lowest BCUT2D eigenvalue weighted by Gasteiger charge is -2.09. The van der Waals surface area contributed by atoms with E-state index in [9.17, 15) is 4.79 Å². The quantitative estimate of drug-likeness (QED) is 0.451. The Balaban J connectivity index is 1.60. The molecule has 3 aromatic rings. The molecule has 1 aromatic heterocycles. The Morgan fingerprint density at radius 3 is 2.75 bits per heavy atom. The molecule has 0 saturated carbocycles. The standard InChI is InChI=1S/C21H22N4O2S/c1-2-17-19(28-21(22)24-17)20(26)25-23-14-16-10-6-7-11-18(16)27-13-12-15-8-4-3-5-9-15/h3-11,14H,2,12-13H2,1H3,(H2,22,24)(H,25,26). The number of nitrogens with two attached hydrogens (primary N) is 1. The van der Waals surface area contributed by atoms with Gasteiger partial charge in [0.1, 0.15) is 10.6 Å². The van der Waals surface area contributed by atoms with E-state index in [0.717, 1.165) is 23.3 Å². The summed E-state index contributed by atoms with van der Waals surface area (Å²) in [6, 6.07) is 17.7. The Bertz CT molecular complexity index is 954. The molecule has 0 unspecified atom stereocenters. The molecule has 0 spiro atoms. The Morgan fingerprint density at radius 2 is 1.96 bits per heavy atom. The molecule has 1 heterocycles. The maximum atomic E-state index is 12.3. The van der Waals surface area contributed by atoms with Crippen LogP contribution in [0.15, 0.2) is 59.7 Å². The predicted molar refractivity (Wildman–Crippen MR) is 113 cm³/mol. The Hall–Kier alpha value is -3.19. The topological polar surface area (TPSA) is 89.6 Å². The molecule has 144 valence electrons. The number of benzene rings is 2. The van der Waals surface area contributed by atoms with Gasteiger partial charge < -0.3 is 10.5 Å². The summed E-state index contributed by atoms with van der Waals surface area (Å²) in [4.78, 5) is 16.9. The third kappa shape index (κ3) is 5.17. The fourth-order valence-corrected chi connectivity index (χ4v) is 3.45. The van der Waals surface area contributed by atoms with Gasteiger partial charge in [0.2, 0.25) is 0 Å². The van der Waals surface area contributed by atoms with E-state index >= 15 is 0 Å². The normalized spacial score (nSPS) is 10.9. The zero-order chi connectivity index (χ0) is 19.8. The number of ether oxygens (including phenoxy) is 1. The largest absolute Gasteiger partial charge is 0.493 e. The van der Waals surface area contributed by atoms with Crippen LogP contribution in [0.1, 0.15) is 33.4 Å². The number of thiazole rings is 1. The van der Waals surface area contributed by atoms with Gasteiger partial charge in [0.15, 0.2) is 5.13 Å². The molecule has 28 heavy (non-hydrogen) atoms. The number of para-hydroxylation sites is 1. The Morgan fingerprint density at radius 1 is 1.21 bits per heavy atom. The average molecular weight is 395 g/mol. The molecule has 0 atom stereocenters. The molecule has 0 aliphatic heterocycles. The number of anilines is 1. The van der Waals surface area contributed by atoms with Crippen LogP contribution in [-0.4, -0.2) is 23.7 Å². The van der Waals surface area contributed by atoms with E-state index in [4.69, 9.17) is 10.5 Å². The second-order valence-corrected chi connectivity index (χ2v) is 7.03. The van der Waals surface area contributed by atoms with Crippen LogP contribution in [0.3, 0.4) is 0 Å². The number of aromatic nitrogens is 1. The minimum atomic E-state index is -0.315. The minimum absolute atomic E-state index is 0.315. The van der Waals surface area contributed by atoms with Gasteiger partial charge in [0, 0.05) is 12.0 Å². The van der Waals surface area contributed by atoms with E-state index in [1.54, 1.807) is 6.21 Å². The van der Waals surface area contributed by atoms with Gasteiger partial charge in [-0.2, -0.15) is 5.10 Å². The van der Waals surface area contributed by atoms with Crippen molar-refractivity contribution in [3.05, 3.63) is 76.3 Å². The monoisotopic (exact) mass is 394 g/mol. The number of carbonyl (C=O) groups excluding carboxylic acids is 1. The smallest absolute Gasteiger partial charge is 0.283 e. The van der Waals surface area contributed by atoms with Crippen LogP contribution in [0.4, 0.5) is 5.13 Å². The molecule has 3 N–H and O–H groups in total. The lowest BCUT2D eigenvalue weighted by Crippen LogP contribution is -2.18. The summed E-state index contributed by atoms with van der Waals surface area (Å²) in [5.41, 5.74) is 10.9. The van der Waals surface area contributed by atoms with Crippen LogP contribution in [0, 0.1) is 0 Å². The van der Waals surface area contributed by atoms with Crippen LogP contribution in [0.5, 0.6) is 5.75 Å². The lowest BCUT2D eigenvalue weighted by molar-refractivity contribution is 0.0958. The summed E-state index contributed by atoms with van der Waals surface area (Å²) >= 11 is 1.16. The van der Waals surface area contributed by atoms with Gasteiger partial charge in [-0.3, -0.25) is 4.79 Å². The Kier molecular flexibility index (Phi) is 6.75. The third-order valence-electron chi connectivity index (χ3n) is 4.03. The number of nitrogens with one attached hydrogen (secondary N) is 1. The first-order valence-electron chi connectivity index (χ1n) is 9.01.